The van der Waals surface area contributed by atoms with E-state index in [2.05, 4.69) is 28.2 Å². The lowest BCUT2D eigenvalue weighted by molar-refractivity contribution is 0.168. The van der Waals surface area contributed by atoms with Gasteiger partial charge in [0.05, 0.1) is 0 Å². The summed E-state index contributed by atoms with van der Waals surface area (Å²) in [6, 6.07) is 0.676. The molecular formula is C8H22N4OS. The second-order valence-electron chi connectivity index (χ2n) is 3.10. The highest BCUT2D eigenvalue weighted by Gasteiger charge is 2.20. The average Bonchev–Trinajstić information content (AvgIpc) is 2.67. The average molecular weight is 222 g/mol. The van der Waals surface area contributed by atoms with Crippen LogP contribution in [0.1, 0.15) is 26.2 Å². The number of hydrogen-bond donors (Lipinski definition) is 3. The van der Waals surface area contributed by atoms with Crippen LogP contribution in [-0.4, -0.2) is 29.8 Å². The molecule has 0 aromatic heterocycles. The van der Waals surface area contributed by atoms with Crippen molar-refractivity contribution in [1.29, 1.82) is 0 Å². The van der Waals surface area contributed by atoms with Gasteiger partial charge in [-0.25, -0.2) is 10.9 Å². The van der Waals surface area contributed by atoms with Crippen molar-refractivity contribution in [3.63, 3.8) is 0 Å². The van der Waals surface area contributed by atoms with E-state index in [9.17, 15) is 0 Å². The van der Waals surface area contributed by atoms with E-state index >= 15 is 0 Å². The Morgan fingerprint density at radius 3 is 2.64 bits per heavy atom. The largest absolute Gasteiger partial charge is 0.294 e. The van der Waals surface area contributed by atoms with Crippen LogP contribution in [0.4, 0.5) is 0 Å². The molecule has 1 rings (SSSR count). The maximum absolute atomic E-state index is 5.28. The number of nitrogens with zero attached hydrogens (tertiary/aromatic N) is 1. The first kappa shape index (κ1) is 14.2. The number of nitrogens with two attached hydrogens (primary N) is 2. The molecule has 0 bridgehead atoms. The molecule has 1 aliphatic rings. The molecule has 5 nitrogen and oxygen atoms in total. The summed E-state index contributed by atoms with van der Waals surface area (Å²) in [6.45, 7) is 3.30. The molecule has 0 amide bonds. The lowest BCUT2D eigenvalue weighted by Crippen LogP contribution is -2.45. The molecule has 5 N–H and O–H groups in total. The molecule has 1 heterocycles. The number of rotatable bonds is 4. The molecule has 1 aliphatic heterocycles. The van der Waals surface area contributed by atoms with Crippen LogP contribution in [0.25, 0.3) is 0 Å². The molecule has 0 aromatic rings. The molecule has 14 heavy (non-hydrogen) atoms. The molecule has 0 spiro atoms. The highest BCUT2D eigenvalue weighted by Crippen LogP contribution is 2.15. The van der Waals surface area contributed by atoms with E-state index in [0.29, 0.717) is 12.0 Å². The minimum Gasteiger partial charge on any atom is -0.294 e. The van der Waals surface area contributed by atoms with Gasteiger partial charge >= 0.3 is 0 Å². The molecule has 1 unspecified atom stereocenters. The third kappa shape index (κ3) is 5.79. The van der Waals surface area contributed by atoms with Gasteiger partial charge in [0.25, 0.3) is 0 Å². The summed E-state index contributed by atoms with van der Waals surface area (Å²) in [6.07, 6.45) is 5.69. The van der Waals surface area contributed by atoms with Crippen LogP contribution < -0.4 is 17.3 Å². The molecule has 0 saturated carbocycles. The second-order valence-corrected chi connectivity index (χ2v) is 3.91. The van der Waals surface area contributed by atoms with Crippen LogP contribution in [0.5, 0.6) is 0 Å². The predicted molar refractivity (Wildman–Crippen MR) is 61.0 cm³/mol. The van der Waals surface area contributed by atoms with Crippen molar-refractivity contribution in [2.75, 3.05) is 18.7 Å². The maximum Gasteiger partial charge on any atom is 0.113 e. The van der Waals surface area contributed by atoms with E-state index in [1.165, 1.54) is 19.3 Å². The molecule has 86 valence electrons. The van der Waals surface area contributed by atoms with Crippen molar-refractivity contribution in [2.24, 2.45) is 11.7 Å². The third-order valence-corrected chi connectivity index (χ3v) is 2.57. The first-order chi connectivity index (χ1) is 6.79. The van der Waals surface area contributed by atoms with E-state index in [1.54, 1.807) is 11.8 Å². The van der Waals surface area contributed by atoms with Crippen LogP contribution >= 0.6 is 11.8 Å². The van der Waals surface area contributed by atoms with Gasteiger partial charge in [0.1, 0.15) is 5.94 Å². The van der Waals surface area contributed by atoms with Crippen molar-refractivity contribution < 1.29 is 4.84 Å². The van der Waals surface area contributed by atoms with Crippen molar-refractivity contribution >= 4 is 11.8 Å². The fourth-order valence-electron chi connectivity index (χ4n) is 1.50. The normalized spacial score (nSPS) is 21.9. The van der Waals surface area contributed by atoms with Gasteiger partial charge in [0.15, 0.2) is 0 Å². The molecule has 6 heteroatoms. The fourth-order valence-corrected chi connectivity index (χ4v) is 1.63. The Morgan fingerprint density at radius 2 is 2.36 bits per heavy atom. The van der Waals surface area contributed by atoms with Crippen LogP contribution in [-0.2, 0) is 4.84 Å². The topological polar surface area (TPSA) is 76.5 Å². The van der Waals surface area contributed by atoms with E-state index < -0.39 is 0 Å². The zero-order valence-electron chi connectivity index (χ0n) is 9.03. The summed E-state index contributed by atoms with van der Waals surface area (Å²) >= 11 is 1.55. The van der Waals surface area contributed by atoms with E-state index in [1.807, 2.05) is 6.26 Å². The van der Waals surface area contributed by atoms with Crippen molar-refractivity contribution in [1.82, 2.24) is 10.5 Å². The Kier molecular flexibility index (Phi) is 9.80. The van der Waals surface area contributed by atoms with Gasteiger partial charge in [-0.1, -0.05) is 6.92 Å². The van der Waals surface area contributed by atoms with Crippen molar-refractivity contribution in [3.8, 4) is 0 Å². The third-order valence-electron chi connectivity index (χ3n) is 2.20. The zero-order chi connectivity index (χ0) is 10.8. The van der Waals surface area contributed by atoms with Gasteiger partial charge in [-0.3, -0.25) is 10.7 Å². The molecule has 0 aliphatic carbocycles. The van der Waals surface area contributed by atoms with Crippen LogP contribution in [0, 0.1) is 0 Å². The van der Waals surface area contributed by atoms with Crippen LogP contribution in [0.2, 0.25) is 0 Å². The van der Waals surface area contributed by atoms with E-state index in [-0.39, 0.29) is 0 Å². The molecule has 1 saturated heterocycles. The van der Waals surface area contributed by atoms with Gasteiger partial charge in [-0.15, -0.1) is 11.8 Å². The van der Waals surface area contributed by atoms with E-state index in [0.717, 1.165) is 6.54 Å². The summed E-state index contributed by atoms with van der Waals surface area (Å²) in [5.74, 6) is 10.5. The first-order valence-corrected chi connectivity index (χ1v) is 6.23. The minimum atomic E-state index is 0.583. The Morgan fingerprint density at radius 1 is 1.64 bits per heavy atom. The molecule has 1 atom stereocenters. The summed E-state index contributed by atoms with van der Waals surface area (Å²) in [7, 11) is 0. The Bertz CT molecular complexity index is 116. The number of hydrogen-bond acceptors (Lipinski definition) is 6. The minimum absolute atomic E-state index is 0.583. The lowest BCUT2D eigenvalue weighted by Gasteiger charge is -2.20. The zero-order valence-corrected chi connectivity index (χ0v) is 9.85. The standard InChI is InChI=1S/C6H15N3.C2H7NOS/c1-2-6-4-3-5-9(6)8-7;1-5-2-4-3/h6,8H,2-5,7H2,1H3;2-3H2,1H3. The van der Waals surface area contributed by atoms with Gasteiger partial charge in [0, 0.05) is 12.6 Å². The molecule has 0 radical (unpaired) electrons. The van der Waals surface area contributed by atoms with Gasteiger partial charge in [-0.2, -0.15) is 5.53 Å². The number of thioether (sulfide) groups is 1. The van der Waals surface area contributed by atoms with Crippen LogP contribution in [0.15, 0.2) is 0 Å². The highest BCUT2D eigenvalue weighted by molar-refractivity contribution is 7.98. The Hall–Kier alpha value is 0.150. The summed E-state index contributed by atoms with van der Waals surface area (Å²) in [5, 5.41) is 2.11. The quantitative estimate of drug-likeness (QED) is 0.364. The Labute approximate surface area is 90.4 Å². The maximum atomic E-state index is 5.28. The van der Waals surface area contributed by atoms with Gasteiger partial charge in [0.2, 0.25) is 0 Å². The molecular weight excluding hydrogens is 200 g/mol. The van der Waals surface area contributed by atoms with Crippen molar-refractivity contribution in [2.45, 2.75) is 32.2 Å². The van der Waals surface area contributed by atoms with Gasteiger partial charge in [-0.05, 0) is 25.5 Å². The number of hydrazine groups is 2. The highest BCUT2D eigenvalue weighted by atomic mass is 32.2. The van der Waals surface area contributed by atoms with E-state index in [4.69, 9.17) is 5.84 Å². The summed E-state index contributed by atoms with van der Waals surface area (Å²) in [4.78, 5) is 4.15. The summed E-state index contributed by atoms with van der Waals surface area (Å²) < 4.78 is 0. The van der Waals surface area contributed by atoms with Gasteiger partial charge < -0.3 is 0 Å². The molecule has 1 fully saturated rings. The fraction of sp³-hybridized carbons (Fsp3) is 1.00. The smallest absolute Gasteiger partial charge is 0.113 e. The lowest BCUT2D eigenvalue weighted by atomic mass is 10.2. The predicted octanol–water partition coefficient (Wildman–Crippen LogP) is 0.436. The number of nitrogens with one attached hydrogen (secondary N) is 1. The first-order valence-electron chi connectivity index (χ1n) is 4.83. The monoisotopic (exact) mass is 222 g/mol. The molecule has 0 aromatic carbocycles. The Balaban J connectivity index is 0.000000292. The van der Waals surface area contributed by atoms with Crippen LogP contribution in [0.3, 0.4) is 0 Å². The summed E-state index contributed by atoms with van der Waals surface area (Å²) in [5.41, 5.74) is 2.70. The van der Waals surface area contributed by atoms with Crippen molar-refractivity contribution in [3.05, 3.63) is 0 Å². The SMILES string of the molecule is CCC1CCCN1NN.CSCON. The second kappa shape index (κ2) is 9.70.